The molecule has 8 heteroatoms. The number of methoxy groups -OCH3 is 3. The Balaban J connectivity index is 2.30. The molecule has 1 amide bonds. The minimum absolute atomic E-state index is 0.164. The molecule has 2 aromatic carbocycles. The lowest BCUT2D eigenvalue weighted by molar-refractivity contribution is -0.114. The van der Waals surface area contributed by atoms with Crippen LogP contribution in [0.1, 0.15) is 15.9 Å². The quantitative estimate of drug-likeness (QED) is 0.337. The van der Waals surface area contributed by atoms with Crippen LogP contribution >= 0.6 is 0 Å². The monoisotopic (exact) mass is 382 g/mol. The molecule has 0 unspecified atom stereocenters. The molecule has 144 valence electrons. The van der Waals surface area contributed by atoms with E-state index in [-0.39, 0.29) is 22.6 Å². The fourth-order valence-corrected chi connectivity index (χ4v) is 2.31. The van der Waals surface area contributed by atoms with E-state index in [4.69, 9.17) is 29.9 Å². The first-order valence-corrected chi connectivity index (χ1v) is 7.97. The molecule has 0 aliphatic carbocycles. The molecule has 0 fully saturated rings. The van der Waals surface area contributed by atoms with Gasteiger partial charge >= 0.3 is 5.97 Å². The summed E-state index contributed by atoms with van der Waals surface area (Å²) in [7, 11) is 4.35. The van der Waals surface area contributed by atoms with Gasteiger partial charge in [-0.1, -0.05) is 6.07 Å². The minimum atomic E-state index is -0.842. The average molecular weight is 382 g/mol. The fraction of sp³-hybridized carbons (Fsp3) is 0.150. The maximum atomic E-state index is 12.5. The number of nitrogens with zero attached hydrogens (tertiary/aromatic N) is 1. The van der Waals surface area contributed by atoms with Gasteiger partial charge in [0.25, 0.3) is 5.91 Å². The predicted octanol–water partition coefficient (Wildman–Crippen LogP) is 2.32. The van der Waals surface area contributed by atoms with E-state index in [0.29, 0.717) is 17.1 Å². The van der Waals surface area contributed by atoms with Crippen molar-refractivity contribution in [2.45, 2.75) is 0 Å². The van der Waals surface area contributed by atoms with Crippen LogP contribution in [0.4, 0.5) is 0 Å². The highest BCUT2D eigenvalue weighted by molar-refractivity contribution is 6.00. The van der Waals surface area contributed by atoms with E-state index in [1.165, 1.54) is 45.6 Å². The van der Waals surface area contributed by atoms with Crippen LogP contribution in [0.5, 0.6) is 23.0 Å². The van der Waals surface area contributed by atoms with Crippen molar-refractivity contribution in [3.63, 3.8) is 0 Å². The van der Waals surface area contributed by atoms with E-state index in [1.54, 1.807) is 24.3 Å². The molecule has 28 heavy (non-hydrogen) atoms. The third kappa shape index (κ3) is 4.59. The molecule has 0 bridgehead atoms. The van der Waals surface area contributed by atoms with Gasteiger partial charge in [-0.25, -0.2) is 4.79 Å². The van der Waals surface area contributed by atoms with Gasteiger partial charge in [0.1, 0.15) is 11.6 Å². The number of amides is 1. The van der Waals surface area contributed by atoms with Gasteiger partial charge in [0.2, 0.25) is 0 Å². The number of hydrogen-bond donors (Lipinski definition) is 1. The van der Waals surface area contributed by atoms with Crippen LogP contribution in [0.25, 0.3) is 6.08 Å². The van der Waals surface area contributed by atoms with E-state index >= 15 is 0 Å². The van der Waals surface area contributed by atoms with Gasteiger partial charge in [-0.15, -0.1) is 0 Å². The number of carbonyl (C=O) groups excluding carboxylic acids is 2. The van der Waals surface area contributed by atoms with Gasteiger partial charge in [0.05, 0.1) is 26.9 Å². The Kier molecular flexibility index (Phi) is 6.60. The maximum Gasteiger partial charge on any atom is 0.343 e. The van der Waals surface area contributed by atoms with Crippen LogP contribution < -0.4 is 24.7 Å². The van der Waals surface area contributed by atoms with Crippen molar-refractivity contribution in [3.05, 3.63) is 53.1 Å². The molecule has 0 aliphatic rings. The van der Waals surface area contributed by atoms with Crippen molar-refractivity contribution in [1.82, 2.24) is 0 Å². The van der Waals surface area contributed by atoms with Crippen LogP contribution in [0, 0.1) is 11.3 Å². The number of carbonyl (C=O) groups is 2. The number of rotatable bonds is 7. The Hall–Kier alpha value is -3.99. The number of nitriles is 1. The van der Waals surface area contributed by atoms with Gasteiger partial charge in [0.15, 0.2) is 23.0 Å². The number of primary amides is 1. The number of esters is 1. The summed E-state index contributed by atoms with van der Waals surface area (Å²) in [6.07, 6.45) is 1.31. The summed E-state index contributed by atoms with van der Waals surface area (Å²) < 4.78 is 20.9. The minimum Gasteiger partial charge on any atom is -0.493 e. The first kappa shape index (κ1) is 20.3. The zero-order chi connectivity index (χ0) is 20.7. The molecule has 0 saturated carbocycles. The maximum absolute atomic E-state index is 12.5. The van der Waals surface area contributed by atoms with Crippen molar-refractivity contribution in [3.8, 4) is 29.1 Å². The van der Waals surface area contributed by atoms with Gasteiger partial charge < -0.3 is 24.7 Å². The lowest BCUT2D eigenvalue weighted by Gasteiger charge is -2.12. The molecule has 0 aromatic heterocycles. The molecular formula is C20H18N2O6. The van der Waals surface area contributed by atoms with Gasteiger partial charge in [0, 0.05) is 0 Å². The molecule has 0 atom stereocenters. The number of benzene rings is 2. The van der Waals surface area contributed by atoms with E-state index in [9.17, 15) is 9.59 Å². The highest BCUT2D eigenvalue weighted by Crippen LogP contribution is 2.31. The summed E-state index contributed by atoms with van der Waals surface area (Å²) in [6.45, 7) is 0. The molecule has 2 rings (SSSR count). The average Bonchev–Trinajstić information content (AvgIpc) is 2.71. The van der Waals surface area contributed by atoms with Crippen molar-refractivity contribution >= 4 is 18.0 Å². The standard InChI is InChI=1S/C20H18N2O6/c1-25-15-7-5-13(10-18(15)27-3)20(24)28-16-6-4-12(9-17(16)26-2)8-14(11-21)19(22)23/h4-10H,1-3H3,(H2,22,23)/b14-8+. The van der Waals surface area contributed by atoms with Gasteiger partial charge in [-0.05, 0) is 42.0 Å². The third-order valence-corrected chi connectivity index (χ3v) is 3.71. The number of hydrogen-bond acceptors (Lipinski definition) is 7. The second-order valence-corrected chi connectivity index (χ2v) is 5.40. The van der Waals surface area contributed by atoms with Crippen LogP contribution in [-0.4, -0.2) is 33.2 Å². The van der Waals surface area contributed by atoms with Gasteiger partial charge in [-0.3, -0.25) is 4.79 Å². The van der Waals surface area contributed by atoms with E-state index in [2.05, 4.69) is 0 Å². The fourth-order valence-electron chi connectivity index (χ4n) is 2.31. The van der Waals surface area contributed by atoms with Crippen molar-refractivity contribution in [2.75, 3.05) is 21.3 Å². The summed E-state index contributed by atoms with van der Waals surface area (Å²) in [5, 5.41) is 8.93. The molecule has 2 aromatic rings. The molecule has 0 heterocycles. The van der Waals surface area contributed by atoms with E-state index < -0.39 is 11.9 Å². The van der Waals surface area contributed by atoms with Crippen LogP contribution in [-0.2, 0) is 4.79 Å². The van der Waals surface area contributed by atoms with Crippen molar-refractivity contribution in [2.24, 2.45) is 5.73 Å². The lowest BCUT2D eigenvalue weighted by Crippen LogP contribution is -2.12. The first-order chi connectivity index (χ1) is 13.4. The smallest absolute Gasteiger partial charge is 0.343 e. The van der Waals surface area contributed by atoms with Crippen molar-refractivity contribution in [1.29, 1.82) is 5.26 Å². The SMILES string of the molecule is COc1ccc(C(=O)Oc2ccc(/C=C(\C#N)C(N)=O)cc2OC)cc1OC. The molecule has 0 saturated heterocycles. The molecule has 2 N–H and O–H groups in total. The van der Waals surface area contributed by atoms with E-state index in [0.717, 1.165) is 0 Å². The Morgan fingerprint density at radius 3 is 2.11 bits per heavy atom. The van der Waals surface area contributed by atoms with Crippen molar-refractivity contribution < 1.29 is 28.5 Å². The second kappa shape index (κ2) is 9.09. The molecular weight excluding hydrogens is 364 g/mol. The summed E-state index contributed by atoms with van der Waals surface area (Å²) in [5.74, 6) is -0.195. The summed E-state index contributed by atoms with van der Waals surface area (Å²) in [4.78, 5) is 23.6. The Morgan fingerprint density at radius 1 is 0.929 bits per heavy atom. The zero-order valence-corrected chi connectivity index (χ0v) is 15.5. The number of nitrogens with two attached hydrogens (primary N) is 1. The highest BCUT2D eigenvalue weighted by atomic mass is 16.6. The Morgan fingerprint density at radius 2 is 1.54 bits per heavy atom. The summed E-state index contributed by atoms with van der Waals surface area (Å²) >= 11 is 0. The molecule has 0 spiro atoms. The lowest BCUT2D eigenvalue weighted by atomic mass is 10.1. The Labute approximate surface area is 161 Å². The van der Waals surface area contributed by atoms with Crippen LogP contribution in [0.2, 0.25) is 0 Å². The normalized spacial score (nSPS) is 10.6. The van der Waals surface area contributed by atoms with E-state index in [1.807, 2.05) is 0 Å². The third-order valence-electron chi connectivity index (χ3n) is 3.71. The predicted molar refractivity (Wildman–Crippen MR) is 100 cm³/mol. The molecule has 0 aliphatic heterocycles. The largest absolute Gasteiger partial charge is 0.493 e. The van der Waals surface area contributed by atoms with Crippen LogP contribution in [0.3, 0.4) is 0 Å². The highest BCUT2D eigenvalue weighted by Gasteiger charge is 2.16. The number of ether oxygens (including phenoxy) is 4. The van der Waals surface area contributed by atoms with Gasteiger partial charge in [-0.2, -0.15) is 5.26 Å². The topological polar surface area (TPSA) is 121 Å². The second-order valence-electron chi connectivity index (χ2n) is 5.40. The first-order valence-electron chi connectivity index (χ1n) is 7.97. The zero-order valence-electron chi connectivity index (χ0n) is 15.5. The molecule has 8 nitrogen and oxygen atoms in total. The molecule has 0 radical (unpaired) electrons. The Bertz CT molecular complexity index is 975. The summed E-state index contributed by atoms with van der Waals surface area (Å²) in [5.41, 5.74) is 5.65. The summed E-state index contributed by atoms with van der Waals surface area (Å²) in [6, 6.07) is 10.9. The van der Waals surface area contributed by atoms with Crippen LogP contribution in [0.15, 0.2) is 42.0 Å².